The summed E-state index contributed by atoms with van der Waals surface area (Å²) in [6.45, 7) is 4.57. The summed E-state index contributed by atoms with van der Waals surface area (Å²) < 4.78 is 34.4. The number of sulfonamides is 1. The summed E-state index contributed by atoms with van der Waals surface area (Å²) in [6.07, 6.45) is 4.87. The minimum atomic E-state index is -3.58. The number of aromatic nitrogens is 2. The third-order valence-electron chi connectivity index (χ3n) is 8.33. The number of nitrogens with zero attached hydrogens (tertiary/aromatic N) is 5. The molecule has 228 valence electrons. The van der Waals surface area contributed by atoms with E-state index in [0.717, 1.165) is 53.0 Å². The molecule has 2 heterocycles. The highest BCUT2D eigenvalue weighted by Gasteiger charge is 2.40. The minimum Gasteiger partial charge on any atom is -0.492 e. The molecule has 12 heteroatoms. The molecule has 1 amide bonds. The van der Waals surface area contributed by atoms with E-state index in [1.165, 1.54) is 7.11 Å². The first-order valence-corrected chi connectivity index (χ1v) is 16.2. The molecule has 2 aliphatic rings. The van der Waals surface area contributed by atoms with Crippen LogP contribution in [0.3, 0.4) is 0 Å². The number of hydrogen-bond acceptors (Lipinski definition) is 8. The fourth-order valence-corrected chi connectivity index (χ4v) is 6.06. The van der Waals surface area contributed by atoms with Gasteiger partial charge in [-0.2, -0.15) is 5.11 Å². The van der Waals surface area contributed by atoms with E-state index in [2.05, 4.69) is 32.3 Å². The zero-order valence-corrected chi connectivity index (χ0v) is 26.1. The number of aryl methyl sites for hydroxylation is 1. The molecule has 4 aromatic rings. The van der Waals surface area contributed by atoms with Crippen molar-refractivity contribution in [2.45, 2.75) is 38.1 Å². The number of methoxy groups -OCH3 is 1. The summed E-state index contributed by atoms with van der Waals surface area (Å²) in [4.78, 5) is 18.2. The maximum atomic E-state index is 13.6. The monoisotopic (exact) mass is 613 g/mol. The van der Waals surface area contributed by atoms with Crippen LogP contribution in [0.2, 0.25) is 0 Å². The standard InChI is InChI=1S/C32H35N7O4S/c1-20-11-12-22(31(40)34-24-16-23(32(2)13-14-32)17-25(29(24)43-4)36-44(5,41)42)15-27(20)39-19-26(35-37-39)28-18-33-30(38(28)3)21-9-7-6-8-10-21/h6-12,15-18,26,36H,13-14,19H2,1-5H3,(H,34,40). The van der Waals surface area contributed by atoms with Gasteiger partial charge in [0.2, 0.25) is 10.0 Å². The van der Waals surface area contributed by atoms with Crippen LogP contribution < -0.4 is 19.8 Å². The van der Waals surface area contributed by atoms with Gasteiger partial charge in [0.25, 0.3) is 5.91 Å². The van der Waals surface area contributed by atoms with Crippen LogP contribution in [0.4, 0.5) is 17.1 Å². The molecular weight excluding hydrogens is 578 g/mol. The summed E-state index contributed by atoms with van der Waals surface area (Å²) >= 11 is 0. The topological polar surface area (TPSA) is 130 Å². The lowest BCUT2D eigenvalue weighted by molar-refractivity contribution is 0.102. The van der Waals surface area contributed by atoms with E-state index in [-0.39, 0.29) is 28.8 Å². The average Bonchev–Trinajstić information content (AvgIpc) is 3.37. The molecule has 1 aliphatic heterocycles. The molecule has 0 bridgehead atoms. The van der Waals surface area contributed by atoms with Gasteiger partial charge < -0.3 is 14.6 Å². The van der Waals surface area contributed by atoms with E-state index >= 15 is 0 Å². The first-order valence-electron chi connectivity index (χ1n) is 14.3. The Morgan fingerprint density at radius 2 is 1.80 bits per heavy atom. The molecule has 44 heavy (non-hydrogen) atoms. The second kappa shape index (κ2) is 11.1. The van der Waals surface area contributed by atoms with Crippen molar-refractivity contribution in [3.63, 3.8) is 0 Å². The molecule has 1 aliphatic carbocycles. The number of imidazole rings is 1. The van der Waals surface area contributed by atoms with Gasteiger partial charge in [0.05, 0.1) is 48.9 Å². The Kier molecular flexibility index (Phi) is 7.40. The van der Waals surface area contributed by atoms with Gasteiger partial charge in [-0.3, -0.25) is 9.52 Å². The largest absolute Gasteiger partial charge is 0.492 e. The Morgan fingerprint density at radius 3 is 2.48 bits per heavy atom. The molecule has 2 N–H and O–H groups in total. The highest BCUT2D eigenvalue weighted by Crippen LogP contribution is 2.51. The average molecular weight is 614 g/mol. The summed E-state index contributed by atoms with van der Waals surface area (Å²) in [6, 6.07) is 18.8. The summed E-state index contributed by atoms with van der Waals surface area (Å²) in [7, 11) is -0.162. The van der Waals surface area contributed by atoms with Crippen molar-refractivity contribution < 1.29 is 17.9 Å². The van der Waals surface area contributed by atoms with Crippen LogP contribution in [0.5, 0.6) is 5.75 Å². The van der Waals surface area contributed by atoms with Crippen molar-refractivity contribution in [2.75, 3.05) is 35.0 Å². The van der Waals surface area contributed by atoms with E-state index in [4.69, 9.17) is 4.74 Å². The van der Waals surface area contributed by atoms with Crippen molar-refractivity contribution in [3.05, 3.63) is 89.2 Å². The van der Waals surface area contributed by atoms with Gasteiger partial charge in [-0.05, 0) is 60.6 Å². The quantitative estimate of drug-likeness (QED) is 0.238. The van der Waals surface area contributed by atoms with Gasteiger partial charge in [-0.25, -0.2) is 18.4 Å². The number of amides is 1. The third-order valence-corrected chi connectivity index (χ3v) is 8.92. The Morgan fingerprint density at radius 1 is 1.07 bits per heavy atom. The second-order valence-corrected chi connectivity index (χ2v) is 13.5. The van der Waals surface area contributed by atoms with Crippen molar-refractivity contribution >= 4 is 33.0 Å². The predicted octanol–water partition coefficient (Wildman–Crippen LogP) is 6.01. The number of rotatable bonds is 9. The SMILES string of the molecule is COc1c(NC(=O)c2ccc(C)c(N3CC(c4cnc(-c5ccccc5)n4C)N=N3)c2)cc(C2(C)CC2)cc1NS(C)(=O)=O. The van der Waals surface area contributed by atoms with E-state index in [1.807, 2.05) is 67.2 Å². The van der Waals surface area contributed by atoms with Crippen LogP contribution >= 0.6 is 0 Å². The van der Waals surface area contributed by atoms with Gasteiger partial charge in [-0.15, -0.1) is 0 Å². The highest BCUT2D eigenvalue weighted by atomic mass is 32.2. The molecule has 0 saturated heterocycles. The Labute approximate surface area is 257 Å². The fourth-order valence-electron chi connectivity index (χ4n) is 5.51. The molecule has 0 spiro atoms. The Bertz CT molecular complexity index is 1880. The molecule has 1 unspecified atom stereocenters. The van der Waals surface area contributed by atoms with E-state index in [9.17, 15) is 13.2 Å². The zero-order valence-electron chi connectivity index (χ0n) is 25.3. The van der Waals surface area contributed by atoms with Crippen molar-refractivity contribution in [3.8, 4) is 17.1 Å². The fraction of sp³-hybridized carbons (Fsp3) is 0.312. The molecular formula is C32H35N7O4S. The molecule has 1 atom stereocenters. The van der Waals surface area contributed by atoms with Crippen LogP contribution in [-0.4, -0.2) is 43.8 Å². The molecule has 3 aromatic carbocycles. The molecule has 11 nitrogen and oxygen atoms in total. The predicted molar refractivity (Wildman–Crippen MR) is 171 cm³/mol. The lowest BCUT2D eigenvalue weighted by atomic mass is 9.96. The lowest BCUT2D eigenvalue weighted by Crippen LogP contribution is -2.20. The maximum Gasteiger partial charge on any atom is 0.255 e. The molecule has 6 rings (SSSR count). The second-order valence-electron chi connectivity index (χ2n) is 11.7. The van der Waals surface area contributed by atoms with Crippen LogP contribution in [0, 0.1) is 6.92 Å². The smallest absolute Gasteiger partial charge is 0.255 e. The first kappa shape index (κ1) is 29.4. The number of ether oxygens (including phenoxy) is 1. The number of nitrogens with one attached hydrogen (secondary N) is 2. The van der Waals surface area contributed by atoms with Gasteiger partial charge >= 0.3 is 0 Å². The van der Waals surface area contributed by atoms with Crippen molar-refractivity contribution in [2.24, 2.45) is 17.4 Å². The number of benzene rings is 3. The summed E-state index contributed by atoms with van der Waals surface area (Å²) in [5.41, 5.74) is 5.61. The zero-order chi connectivity index (χ0) is 31.2. The van der Waals surface area contributed by atoms with E-state index in [0.29, 0.717) is 17.8 Å². The number of carbonyl (C=O) groups excluding carboxylic acids is 1. The first-order chi connectivity index (χ1) is 21.0. The molecule has 1 fully saturated rings. The van der Waals surface area contributed by atoms with E-state index in [1.54, 1.807) is 23.2 Å². The van der Waals surface area contributed by atoms with Gasteiger partial charge in [0.1, 0.15) is 11.9 Å². The van der Waals surface area contributed by atoms with Crippen molar-refractivity contribution in [1.82, 2.24) is 9.55 Å². The third kappa shape index (κ3) is 5.77. The summed E-state index contributed by atoms with van der Waals surface area (Å²) in [5.74, 6) is 0.736. The summed E-state index contributed by atoms with van der Waals surface area (Å²) in [5, 5.41) is 13.7. The number of carbonyl (C=O) groups is 1. The lowest BCUT2D eigenvalue weighted by Gasteiger charge is -2.20. The van der Waals surface area contributed by atoms with E-state index < -0.39 is 10.0 Å². The molecule has 0 radical (unpaired) electrons. The maximum absolute atomic E-state index is 13.6. The Hall–Kier alpha value is -4.71. The van der Waals surface area contributed by atoms with Crippen molar-refractivity contribution in [1.29, 1.82) is 0 Å². The van der Waals surface area contributed by atoms with Crippen LogP contribution in [0.1, 0.15) is 53.0 Å². The number of hydrogen-bond donors (Lipinski definition) is 2. The van der Waals surface area contributed by atoms with Gasteiger partial charge in [0, 0.05) is 18.2 Å². The number of anilines is 3. The van der Waals surface area contributed by atoms with Crippen LogP contribution in [0.15, 0.2) is 77.2 Å². The molecule has 1 saturated carbocycles. The van der Waals surface area contributed by atoms with Crippen LogP contribution in [-0.2, 0) is 22.5 Å². The Balaban J connectivity index is 1.25. The highest BCUT2D eigenvalue weighted by molar-refractivity contribution is 7.92. The van der Waals surface area contributed by atoms with Gasteiger partial charge in [-0.1, -0.05) is 48.5 Å². The minimum absolute atomic E-state index is 0.0796. The molecule has 1 aromatic heterocycles. The van der Waals surface area contributed by atoms with Gasteiger partial charge in [0.15, 0.2) is 5.75 Å². The van der Waals surface area contributed by atoms with Crippen LogP contribution in [0.25, 0.3) is 11.4 Å². The normalized spacial score (nSPS) is 17.0.